The summed E-state index contributed by atoms with van der Waals surface area (Å²) in [5, 5.41) is 4.09. The largest absolute Gasteiger partial charge is 0.357 e. The van der Waals surface area contributed by atoms with E-state index in [9.17, 15) is 9.59 Å². The Bertz CT molecular complexity index is 873. The molecular formula is C20H24N6O2. The Morgan fingerprint density at radius 1 is 1.18 bits per heavy atom. The normalized spacial score (nSPS) is 13.6. The quantitative estimate of drug-likeness (QED) is 0.801. The predicted molar refractivity (Wildman–Crippen MR) is 111 cm³/mol. The molecule has 1 aliphatic heterocycles. The molecule has 3 rings (SSSR count). The van der Waals surface area contributed by atoms with E-state index in [1.54, 1.807) is 12.3 Å². The van der Waals surface area contributed by atoms with Gasteiger partial charge in [0.05, 0.1) is 17.6 Å². The highest BCUT2D eigenvalue weighted by Crippen LogP contribution is 2.16. The highest BCUT2D eigenvalue weighted by molar-refractivity contribution is 6.43. The van der Waals surface area contributed by atoms with Crippen LogP contribution in [-0.4, -0.2) is 42.3 Å². The Balaban J connectivity index is 1.68. The summed E-state index contributed by atoms with van der Waals surface area (Å²) in [5.74, 6) is 0.271. The maximum absolute atomic E-state index is 12.6. The number of hydrogen-bond acceptors (Lipinski definition) is 6. The van der Waals surface area contributed by atoms with Crippen molar-refractivity contribution >= 4 is 34.8 Å². The Morgan fingerprint density at radius 3 is 2.50 bits per heavy atom. The number of nitrogens with zero attached hydrogens (tertiary/aromatic N) is 4. The lowest BCUT2D eigenvalue weighted by Gasteiger charge is -2.27. The molecule has 1 aliphatic rings. The number of amides is 2. The molecule has 0 unspecified atom stereocenters. The van der Waals surface area contributed by atoms with E-state index in [2.05, 4.69) is 39.5 Å². The van der Waals surface area contributed by atoms with Gasteiger partial charge in [-0.05, 0) is 45.0 Å². The summed E-state index contributed by atoms with van der Waals surface area (Å²) in [6.45, 7) is 7.72. The SMILES string of the molecule is CCN(CC)c1ccc(NC(=O)C2=NCC(=O)N(c3ccc(C)cc3)N2)cn1. The van der Waals surface area contributed by atoms with Gasteiger partial charge in [-0.1, -0.05) is 17.7 Å². The van der Waals surface area contributed by atoms with E-state index in [0.29, 0.717) is 11.4 Å². The average Bonchev–Trinajstić information content (AvgIpc) is 2.71. The van der Waals surface area contributed by atoms with Gasteiger partial charge in [0.1, 0.15) is 12.4 Å². The van der Waals surface area contributed by atoms with Gasteiger partial charge in [-0.3, -0.25) is 20.0 Å². The number of pyridine rings is 1. The van der Waals surface area contributed by atoms with Crippen molar-refractivity contribution in [1.82, 2.24) is 10.4 Å². The summed E-state index contributed by atoms with van der Waals surface area (Å²) < 4.78 is 0. The van der Waals surface area contributed by atoms with E-state index < -0.39 is 5.91 Å². The number of aliphatic imine (C=N–C) groups is 1. The number of benzene rings is 1. The number of anilines is 3. The molecular weight excluding hydrogens is 356 g/mol. The fraction of sp³-hybridized carbons (Fsp3) is 0.300. The van der Waals surface area contributed by atoms with E-state index in [-0.39, 0.29) is 18.3 Å². The van der Waals surface area contributed by atoms with Gasteiger partial charge in [-0.15, -0.1) is 0 Å². The highest BCUT2D eigenvalue weighted by Gasteiger charge is 2.25. The van der Waals surface area contributed by atoms with Gasteiger partial charge >= 0.3 is 0 Å². The number of hydrogen-bond donors (Lipinski definition) is 2. The third-order valence-electron chi connectivity index (χ3n) is 4.44. The van der Waals surface area contributed by atoms with Gasteiger partial charge < -0.3 is 10.2 Å². The first-order chi connectivity index (χ1) is 13.5. The van der Waals surface area contributed by atoms with Crippen molar-refractivity contribution < 1.29 is 9.59 Å². The van der Waals surface area contributed by atoms with Crippen LogP contribution >= 0.6 is 0 Å². The van der Waals surface area contributed by atoms with Crippen LogP contribution in [0.2, 0.25) is 0 Å². The van der Waals surface area contributed by atoms with Crippen molar-refractivity contribution in [3.8, 4) is 0 Å². The molecule has 0 aliphatic carbocycles. The number of amidine groups is 1. The third kappa shape index (κ3) is 4.28. The maximum atomic E-state index is 12.6. The number of aromatic nitrogens is 1. The van der Waals surface area contributed by atoms with Gasteiger partial charge in [-0.2, -0.15) is 0 Å². The molecule has 28 heavy (non-hydrogen) atoms. The molecule has 0 spiro atoms. The van der Waals surface area contributed by atoms with Crippen molar-refractivity contribution in [2.24, 2.45) is 4.99 Å². The molecule has 0 radical (unpaired) electrons. The molecule has 0 bridgehead atoms. The Labute approximate surface area is 164 Å². The van der Waals surface area contributed by atoms with Crippen LogP contribution < -0.4 is 20.7 Å². The predicted octanol–water partition coefficient (Wildman–Crippen LogP) is 2.12. The summed E-state index contributed by atoms with van der Waals surface area (Å²) >= 11 is 0. The summed E-state index contributed by atoms with van der Waals surface area (Å²) in [4.78, 5) is 35.3. The fourth-order valence-corrected chi connectivity index (χ4v) is 2.83. The lowest BCUT2D eigenvalue weighted by molar-refractivity contribution is -0.118. The van der Waals surface area contributed by atoms with Crippen LogP contribution in [0.5, 0.6) is 0 Å². The molecule has 2 N–H and O–H groups in total. The molecule has 2 amide bonds. The van der Waals surface area contributed by atoms with E-state index >= 15 is 0 Å². The first-order valence-electron chi connectivity index (χ1n) is 9.25. The Kier molecular flexibility index (Phi) is 5.88. The molecule has 0 atom stereocenters. The van der Waals surface area contributed by atoms with Crippen LogP contribution in [0.1, 0.15) is 19.4 Å². The number of carbonyl (C=O) groups excluding carboxylic acids is 2. The number of aryl methyl sites for hydroxylation is 1. The molecule has 2 heterocycles. The molecule has 8 nitrogen and oxygen atoms in total. The summed E-state index contributed by atoms with van der Waals surface area (Å²) in [7, 11) is 0. The molecule has 146 valence electrons. The van der Waals surface area contributed by atoms with Crippen molar-refractivity contribution in [3.05, 3.63) is 48.2 Å². The minimum atomic E-state index is -0.429. The summed E-state index contributed by atoms with van der Waals surface area (Å²) in [6.07, 6.45) is 1.61. The Hall–Kier alpha value is -3.42. The first-order valence-corrected chi connectivity index (χ1v) is 9.25. The van der Waals surface area contributed by atoms with Crippen molar-refractivity contribution in [1.29, 1.82) is 0 Å². The Morgan fingerprint density at radius 2 is 1.89 bits per heavy atom. The van der Waals surface area contributed by atoms with Crippen LogP contribution in [-0.2, 0) is 9.59 Å². The van der Waals surface area contributed by atoms with Crippen LogP contribution in [0.25, 0.3) is 0 Å². The number of carbonyl (C=O) groups is 2. The molecule has 0 fully saturated rings. The lowest BCUT2D eigenvalue weighted by atomic mass is 10.2. The fourth-order valence-electron chi connectivity index (χ4n) is 2.83. The minimum Gasteiger partial charge on any atom is -0.357 e. The lowest BCUT2D eigenvalue weighted by Crippen LogP contribution is -2.54. The summed E-state index contributed by atoms with van der Waals surface area (Å²) in [5.41, 5.74) is 5.10. The molecule has 8 heteroatoms. The standard InChI is InChI=1S/C20H24N6O2/c1-4-25(5-2)17-11-8-15(12-21-17)23-20(28)19-22-13-18(27)26(24-19)16-9-6-14(3)7-10-16/h6-12H,4-5,13H2,1-3H3,(H,22,24)(H,23,28). The second-order valence-corrected chi connectivity index (χ2v) is 6.37. The molecule has 1 aromatic carbocycles. The molecule has 0 saturated carbocycles. The van der Waals surface area contributed by atoms with Gasteiger partial charge in [0.15, 0.2) is 0 Å². The monoisotopic (exact) mass is 380 g/mol. The second kappa shape index (κ2) is 8.51. The van der Waals surface area contributed by atoms with Gasteiger partial charge in [0.2, 0.25) is 5.84 Å². The van der Waals surface area contributed by atoms with Gasteiger partial charge in [0.25, 0.3) is 11.8 Å². The van der Waals surface area contributed by atoms with E-state index in [1.807, 2.05) is 37.3 Å². The van der Waals surface area contributed by atoms with Crippen LogP contribution in [0.4, 0.5) is 17.2 Å². The number of rotatable bonds is 6. The zero-order valence-electron chi connectivity index (χ0n) is 16.3. The topological polar surface area (TPSA) is 89.9 Å². The van der Waals surface area contributed by atoms with Gasteiger partial charge in [-0.25, -0.2) is 9.99 Å². The second-order valence-electron chi connectivity index (χ2n) is 6.37. The van der Waals surface area contributed by atoms with Crippen LogP contribution in [0.3, 0.4) is 0 Å². The molecule has 1 aromatic heterocycles. The van der Waals surface area contributed by atoms with Crippen LogP contribution in [0, 0.1) is 6.92 Å². The zero-order chi connectivity index (χ0) is 20.1. The van der Waals surface area contributed by atoms with Gasteiger partial charge in [0, 0.05) is 13.1 Å². The van der Waals surface area contributed by atoms with E-state index in [0.717, 1.165) is 24.5 Å². The number of nitrogens with one attached hydrogen (secondary N) is 2. The van der Waals surface area contributed by atoms with E-state index in [1.165, 1.54) is 5.01 Å². The van der Waals surface area contributed by atoms with Crippen molar-refractivity contribution in [2.75, 3.05) is 34.9 Å². The van der Waals surface area contributed by atoms with Crippen molar-refractivity contribution in [2.45, 2.75) is 20.8 Å². The number of hydrazine groups is 1. The smallest absolute Gasteiger partial charge is 0.292 e. The zero-order valence-corrected chi connectivity index (χ0v) is 16.3. The van der Waals surface area contributed by atoms with Crippen molar-refractivity contribution in [3.63, 3.8) is 0 Å². The average molecular weight is 380 g/mol. The van der Waals surface area contributed by atoms with Crippen LogP contribution in [0.15, 0.2) is 47.6 Å². The third-order valence-corrected chi connectivity index (χ3v) is 4.44. The molecule has 0 saturated heterocycles. The molecule has 2 aromatic rings. The van der Waals surface area contributed by atoms with E-state index in [4.69, 9.17) is 0 Å². The summed E-state index contributed by atoms with van der Waals surface area (Å²) in [6, 6.07) is 11.1. The minimum absolute atomic E-state index is 0.0768. The maximum Gasteiger partial charge on any atom is 0.292 e. The highest BCUT2D eigenvalue weighted by atomic mass is 16.2. The first kappa shape index (κ1) is 19.3.